The zero-order valence-corrected chi connectivity index (χ0v) is 6.65. The molecule has 8 heteroatoms. The van der Waals surface area contributed by atoms with Crippen molar-refractivity contribution in [1.82, 2.24) is 16.3 Å². The summed E-state index contributed by atoms with van der Waals surface area (Å²) in [6.07, 6.45) is -1.08. The molecule has 3 atom stereocenters. The molecule has 0 aromatic carbocycles. The van der Waals surface area contributed by atoms with Crippen LogP contribution in [0.1, 0.15) is 6.92 Å². The Hall–Kier alpha value is -0.960. The van der Waals surface area contributed by atoms with Crippen molar-refractivity contribution in [1.29, 1.82) is 5.53 Å². The van der Waals surface area contributed by atoms with Crippen LogP contribution in [0, 0.1) is 5.53 Å². The number of hydrogen-bond donors (Lipinski definition) is 5. The largest absolute Gasteiger partial charge is 0.269 e. The topological polar surface area (TPSA) is 123 Å². The number of azo groups is 1. The first-order chi connectivity index (χ1) is 5.77. The van der Waals surface area contributed by atoms with E-state index in [1.54, 1.807) is 0 Å². The van der Waals surface area contributed by atoms with E-state index in [4.69, 9.17) is 11.4 Å². The number of hydrazine groups is 2. The van der Waals surface area contributed by atoms with E-state index in [1.165, 1.54) is 0 Å². The fourth-order valence-electron chi connectivity index (χ4n) is 0.777. The summed E-state index contributed by atoms with van der Waals surface area (Å²) in [5.41, 5.74) is 14.7. The summed E-state index contributed by atoms with van der Waals surface area (Å²) >= 11 is 0. The Morgan fingerprint density at radius 3 is 2.75 bits per heavy atom. The van der Waals surface area contributed by atoms with Crippen LogP contribution in [0.5, 0.6) is 0 Å². The molecule has 0 aromatic rings. The highest BCUT2D eigenvalue weighted by molar-refractivity contribution is 4.75. The molecule has 1 heterocycles. The van der Waals surface area contributed by atoms with Crippen LogP contribution >= 0.6 is 0 Å². The van der Waals surface area contributed by atoms with Crippen molar-refractivity contribution >= 4 is 0 Å². The van der Waals surface area contributed by atoms with Gasteiger partial charge in [-0.2, -0.15) is 15.3 Å². The van der Waals surface area contributed by atoms with E-state index in [1.807, 2.05) is 6.92 Å². The Kier molecular flexibility index (Phi) is 3.17. The van der Waals surface area contributed by atoms with Crippen molar-refractivity contribution in [3.05, 3.63) is 0 Å². The standard InChI is InChI=1S/C4H12N8/c1-2-9-11-4(12-10-2)3(7-5)8-6/h2-5,8-9,11H,6H2,1H3. The molecule has 8 nitrogen and oxygen atoms in total. The summed E-state index contributed by atoms with van der Waals surface area (Å²) in [7, 11) is 0. The lowest BCUT2D eigenvalue weighted by Crippen LogP contribution is -2.56. The molecule has 3 unspecified atom stereocenters. The van der Waals surface area contributed by atoms with Gasteiger partial charge in [0.1, 0.15) is 6.17 Å². The Morgan fingerprint density at radius 1 is 1.58 bits per heavy atom. The summed E-state index contributed by atoms with van der Waals surface area (Å²) in [5.74, 6) is 5.12. The van der Waals surface area contributed by atoms with Gasteiger partial charge in [-0.25, -0.2) is 21.8 Å². The van der Waals surface area contributed by atoms with Gasteiger partial charge in [0.25, 0.3) is 0 Å². The third-order valence-corrected chi connectivity index (χ3v) is 1.41. The van der Waals surface area contributed by atoms with E-state index < -0.39 is 12.3 Å². The van der Waals surface area contributed by atoms with Gasteiger partial charge in [0.05, 0.1) is 0 Å². The van der Waals surface area contributed by atoms with Gasteiger partial charge in [0.2, 0.25) is 0 Å². The number of nitrogens with one attached hydrogen (secondary N) is 4. The van der Waals surface area contributed by atoms with E-state index in [0.717, 1.165) is 0 Å². The van der Waals surface area contributed by atoms with E-state index in [0.29, 0.717) is 0 Å². The zero-order chi connectivity index (χ0) is 8.97. The van der Waals surface area contributed by atoms with E-state index in [9.17, 15) is 0 Å². The molecule has 1 rings (SSSR count). The lowest BCUT2D eigenvalue weighted by atomic mass is 10.4. The van der Waals surface area contributed by atoms with Crippen LogP contribution < -0.4 is 22.1 Å². The van der Waals surface area contributed by atoms with Crippen molar-refractivity contribution in [3.8, 4) is 0 Å². The number of rotatable bonds is 3. The Morgan fingerprint density at radius 2 is 2.33 bits per heavy atom. The second-order valence-electron chi connectivity index (χ2n) is 2.38. The average molecular weight is 172 g/mol. The molecule has 0 radical (unpaired) electrons. The van der Waals surface area contributed by atoms with Crippen LogP contribution in [-0.4, -0.2) is 18.5 Å². The maximum Gasteiger partial charge on any atom is 0.172 e. The lowest BCUT2D eigenvalue weighted by molar-refractivity contribution is 0.269. The number of hydrogen-bond acceptors (Lipinski definition) is 8. The van der Waals surface area contributed by atoms with Gasteiger partial charge >= 0.3 is 0 Å². The Labute approximate surface area is 69.4 Å². The van der Waals surface area contributed by atoms with Crippen molar-refractivity contribution in [2.45, 2.75) is 25.4 Å². The van der Waals surface area contributed by atoms with E-state index >= 15 is 0 Å². The van der Waals surface area contributed by atoms with Gasteiger partial charge in [-0.3, -0.25) is 5.84 Å². The first kappa shape index (κ1) is 9.13. The molecule has 6 N–H and O–H groups in total. The summed E-state index contributed by atoms with van der Waals surface area (Å²) in [4.78, 5) is 0. The first-order valence-electron chi connectivity index (χ1n) is 3.51. The number of nitrogens with two attached hydrogens (primary N) is 1. The molecule has 0 bridgehead atoms. The molecule has 0 aliphatic carbocycles. The van der Waals surface area contributed by atoms with Gasteiger partial charge in [0.15, 0.2) is 12.3 Å². The maximum atomic E-state index is 6.76. The second kappa shape index (κ2) is 4.16. The average Bonchev–Trinajstić information content (AvgIpc) is 2.10. The van der Waals surface area contributed by atoms with E-state index in [-0.39, 0.29) is 6.17 Å². The normalized spacial score (nSPS) is 31.5. The second-order valence-corrected chi connectivity index (χ2v) is 2.38. The van der Waals surface area contributed by atoms with Gasteiger partial charge < -0.3 is 0 Å². The van der Waals surface area contributed by atoms with Crippen molar-refractivity contribution in [3.63, 3.8) is 0 Å². The minimum atomic E-state index is -0.589. The summed E-state index contributed by atoms with van der Waals surface area (Å²) in [6.45, 7) is 1.84. The van der Waals surface area contributed by atoms with Crippen molar-refractivity contribution in [2.24, 2.45) is 21.2 Å². The smallest absolute Gasteiger partial charge is 0.172 e. The highest BCUT2D eigenvalue weighted by atomic mass is 15.6. The molecule has 0 fully saturated rings. The van der Waals surface area contributed by atoms with Crippen LogP contribution in [-0.2, 0) is 0 Å². The van der Waals surface area contributed by atoms with Crippen LogP contribution in [0.3, 0.4) is 0 Å². The van der Waals surface area contributed by atoms with Gasteiger partial charge in [0, 0.05) is 0 Å². The predicted molar refractivity (Wildman–Crippen MR) is 40.6 cm³/mol. The van der Waals surface area contributed by atoms with Crippen LogP contribution in [0.4, 0.5) is 0 Å². The van der Waals surface area contributed by atoms with E-state index in [2.05, 4.69) is 31.6 Å². The molecule has 68 valence electrons. The Bertz CT molecular complexity index is 178. The Balaban J connectivity index is 2.52. The monoisotopic (exact) mass is 172 g/mol. The SMILES string of the molecule is CC1N=NC(C(N=N)NN)NN1. The lowest BCUT2D eigenvalue weighted by Gasteiger charge is -2.24. The van der Waals surface area contributed by atoms with Crippen LogP contribution in [0.2, 0.25) is 0 Å². The van der Waals surface area contributed by atoms with Crippen LogP contribution in [0.15, 0.2) is 15.3 Å². The first-order valence-corrected chi connectivity index (χ1v) is 3.51. The molecular formula is C4H12N8. The molecule has 0 saturated carbocycles. The maximum absolute atomic E-state index is 6.76. The quantitative estimate of drug-likeness (QED) is 0.213. The highest BCUT2D eigenvalue weighted by Gasteiger charge is 2.22. The zero-order valence-electron chi connectivity index (χ0n) is 6.65. The van der Waals surface area contributed by atoms with Crippen molar-refractivity contribution < 1.29 is 0 Å². The van der Waals surface area contributed by atoms with Gasteiger partial charge in [-0.05, 0) is 6.92 Å². The minimum Gasteiger partial charge on any atom is -0.269 e. The molecule has 1 aliphatic rings. The summed E-state index contributed by atoms with van der Waals surface area (Å²) < 4.78 is 0. The highest BCUT2D eigenvalue weighted by Crippen LogP contribution is 2.01. The van der Waals surface area contributed by atoms with Crippen LogP contribution in [0.25, 0.3) is 0 Å². The predicted octanol–water partition coefficient (Wildman–Crippen LogP) is -0.961. The van der Waals surface area contributed by atoms with Gasteiger partial charge in [-0.15, -0.1) is 0 Å². The molecular weight excluding hydrogens is 160 g/mol. The fraction of sp³-hybridized carbons (Fsp3) is 1.00. The van der Waals surface area contributed by atoms with Crippen molar-refractivity contribution in [2.75, 3.05) is 0 Å². The molecule has 0 aromatic heterocycles. The molecule has 0 spiro atoms. The molecule has 12 heavy (non-hydrogen) atoms. The molecule has 1 aliphatic heterocycles. The third-order valence-electron chi connectivity index (χ3n) is 1.41. The third kappa shape index (κ3) is 2.01. The summed E-state index contributed by atoms with van der Waals surface area (Å²) in [5, 5.41) is 10.9. The summed E-state index contributed by atoms with van der Waals surface area (Å²) in [6, 6.07) is 0. The molecule has 0 saturated heterocycles. The van der Waals surface area contributed by atoms with Gasteiger partial charge in [-0.1, -0.05) is 0 Å². The minimum absolute atomic E-state index is 0.0644. The molecule has 0 amide bonds. The fourth-order valence-corrected chi connectivity index (χ4v) is 0.777. The number of nitrogens with zero attached hydrogens (tertiary/aromatic N) is 3.